The summed E-state index contributed by atoms with van der Waals surface area (Å²) in [5.41, 5.74) is 1.60. The number of rotatable bonds is 4. The number of carbonyl (C=O) groups is 1. The highest BCUT2D eigenvalue weighted by atomic mass is 32.2. The van der Waals surface area contributed by atoms with E-state index in [-0.39, 0.29) is 30.8 Å². The molecule has 2 rings (SSSR count). The molecule has 1 fully saturated rings. The van der Waals surface area contributed by atoms with Crippen molar-refractivity contribution in [2.45, 2.75) is 37.8 Å². The lowest BCUT2D eigenvalue weighted by atomic mass is 9.97. The zero-order chi connectivity index (χ0) is 18.8. The van der Waals surface area contributed by atoms with Crippen LogP contribution in [0.15, 0.2) is 23.1 Å². The largest absolute Gasteiger partial charge is 0.405 e. The summed E-state index contributed by atoms with van der Waals surface area (Å²) < 4.78 is 63.2. The number of sulfonamides is 1. The van der Waals surface area contributed by atoms with Gasteiger partial charge in [-0.1, -0.05) is 17.7 Å². The van der Waals surface area contributed by atoms with E-state index in [1.165, 1.54) is 4.31 Å². The lowest BCUT2D eigenvalue weighted by Crippen LogP contribution is -2.44. The highest BCUT2D eigenvalue weighted by Gasteiger charge is 2.34. The van der Waals surface area contributed by atoms with E-state index in [1.807, 2.05) is 12.2 Å². The molecule has 0 bridgehead atoms. The van der Waals surface area contributed by atoms with Gasteiger partial charge in [0.2, 0.25) is 15.9 Å². The zero-order valence-electron chi connectivity index (χ0n) is 14.1. The van der Waals surface area contributed by atoms with Crippen LogP contribution in [0.3, 0.4) is 0 Å². The van der Waals surface area contributed by atoms with Crippen molar-refractivity contribution in [1.82, 2.24) is 9.62 Å². The number of amides is 1. The predicted molar refractivity (Wildman–Crippen MR) is 86.5 cm³/mol. The van der Waals surface area contributed by atoms with Gasteiger partial charge in [0.15, 0.2) is 0 Å². The van der Waals surface area contributed by atoms with Crippen molar-refractivity contribution in [3.05, 3.63) is 29.3 Å². The summed E-state index contributed by atoms with van der Waals surface area (Å²) in [4.78, 5) is 12.0. The minimum absolute atomic E-state index is 0.111. The third-order valence-electron chi connectivity index (χ3n) is 4.24. The van der Waals surface area contributed by atoms with E-state index in [0.29, 0.717) is 5.56 Å². The van der Waals surface area contributed by atoms with Crippen LogP contribution in [0, 0.1) is 19.8 Å². The van der Waals surface area contributed by atoms with Crippen LogP contribution >= 0.6 is 0 Å². The zero-order valence-corrected chi connectivity index (χ0v) is 14.9. The van der Waals surface area contributed by atoms with Crippen molar-refractivity contribution in [2.24, 2.45) is 5.92 Å². The molecule has 1 amide bonds. The molecule has 0 radical (unpaired) electrons. The Labute approximate surface area is 145 Å². The Morgan fingerprint density at radius 3 is 2.36 bits per heavy atom. The number of aryl methyl sites for hydroxylation is 2. The number of nitrogens with one attached hydrogen (secondary N) is 1. The fourth-order valence-electron chi connectivity index (χ4n) is 2.92. The molecule has 0 aliphatic carbocycles. The molecule has 140 valence electrons. The Balaban J connectivity index is 2.00. The van der Waals surface area contributed by atoms with Gasteiger partial charge in [-0.3, -0.25) is 4.79 Å². The first-order valence-electron chi connectivity index (χ1n) is 7.92. The molecule has 5 nitrogen and oxygen atoms in total. The standard InChI is InChI=1S/C16H21F3N2O3S/c1-11-3-4-14(12(2)9-11)25(23,24)21-7-5-13(6-8-21)15(22)20-10-16(17,18)19/h3-4,9,13H,5-8,10H2,1-2H3,(H,20,22). The molecule has 0 saturated carbocycles. The summed E-state index contributed by atoms with van der Waals surface area (Å²) in [7, 11) is -3.67. The Bertz CT molecular complexity index is 739. The number of piperidine rings is 1. The second-order valence-electron chi connectivity index (χ2n) is 6.28. The Morgan fingerprint density at radius 1 is 1.24 bits per heavy atom. The molecule has 0 atom stereocenters. The average molecular weight is 378 g/mol. The minimum atomic E-state index is -4.46. The molecule has 1 N–H and O–H groups in total. The number of alkyl halides is 3. The fraction of sp³-hybridized carbons (Fsp3) is 0.562. The molecule has 9 heteroatoms. The highest BCUT2D eigenvalue weighted by molar-refractivity contribution is 7.89. The molecule has 1 aromatic carbocycles. The SMILES string of the molecule is Cc1ccc(S(=O)(=O)N2CCC(C(=O)NCC(F)(F)F)CC2)c(C)c1. The summed E-state index contributed by atoms with van der Waals surface area (Å²) in [5.74, 6) is -1.28. The van der Waals surface area contributed by atoms with E-state index in [1.54, 1.807) is 25.1 Å². The first kappa shape index (κ1) is 19.7. The van der Waals surface area contributed by atoms with Gasteiger partial charge in [0.05, 0.1) is 4.90 Å². The van der Waals surface area contributed by atoms with Crippen LogP contribution in [0.4, 0.5) is 13.2 Å². The summed E-state index contributed by atoms with van der Waals surface area (Å²) in [5, 5.41) is 1.86. The number of halogens is 3. The topological polar surface area (TPSA) is 66.5 Å². The molecule has 1 aliphatic rings. The monoisotopic (exact) mass is 378 g/mol. The average Bonchev–Trinajstić information content (AvgIpc) is 2.51. The van der Waals surface area contributed by atoms with Crippen LogP contribution < -0.4 is 5.32 Å². The van der Waals surface area contributed by atoms with Gasteiger partial charge in [0, 0.05) is 19.0 Å². The van der Waals surface area contributed by atoms with Crippen molar-refractivity contribution >= 4 is 15.9 Å². The van der Waals surface area contributed by atoms with E-state index < -0.39 is 34.6 Å². The Kier molecular flexibility index (Phi) is 5.78. The molecule has 1 aliphatic heterocycles. The third-order valence-corrected chi connectivity index (χ3v) is 6.29. The van der Waals surface area contributed by atoms with Gasteiger partial charge in [-0.15, -0.1) is 0 Å². The first-order chi connectivity index (χ1) is 11.5. The lowest BCUT2D eigenvalue weighted by molar-refractivity contribution is -0.141. The summed E-state index contributed by atoms with van der Waals surface area (Å²) in [6.45, 7) is 2.44. The van der Waals surface area contributed by atoms with E-state index in [2.05, 4.69) is 0 Å². The molecule has 1 aromatic rings. The fourth-order valence-corrected chi connectivity index (χ4v) is 4.59. The Morgan fingerprint density at radius 2 is 1.84 bits per heavy atom. The number of benzene rings is 1. The predicted octanol–water partition coefficient (Wildman–Crippen LogP) is 2.38. The molecule has 25 heavy (non-hydrogen) atoms. The van der Waals surface area contributed by atoms with Gasteiger partial charge in [0.1, 0.15) is 6.54 Å². The number of carbonyl (C=O) groups excluding carboxylic acids is 1. The van der Waals surface area contributed by atoms with E-state index in [0.717, 1.165) is 5.56 Å². The molecular formula is C16H21F3N2O3S. The highest BCUT2D eigenvalue weighted by Crippen LogP contribution is 2.26. The molecular weight excluding hydrogens is 357 g/mol. The van der Waals surface area contributed by atoms with Gasteiger partial charge >= 0.3 is 6.18 Å². The second-order valence-corrected chi connectivity index (χ2v) is 8.19. The maximum Gasteiger partial charge on any atom is 0.405 e. The van der Waals surface area contributed by atoms with Crippen molar-refractivity contribution in [3.8, 4) is 0 Å². The van der Waals surface area contributed by atoms with Crippen LogP contribution in [-0.4, -0.2) is 44.4 Å². The smallest absolute Gasteiger partial charge is 0.347 e. The van der Waals surface area contributed by atoms with Crippen LogP contribution in [0.1, 0.15) is 24.0 Å². The molecule has 0 aromatic heterocycles. The van der Waals surface area contributed by atoms with Crippen LogP contribution in [0.25, 0.3) is 0 Å². The summed E-state index contributed by atoms with van der Waals surface area (Å²) in [6, 6.07) is 5.06. The molecule has 0 unspecified atom stereocenters. The van der Waals surface area contributed by atoms with Crippen molar-refractivity contribution in [3.63, 3.8) is 0 Å². The number of hydrogen-bond acceptors (Lipinski definition) is 3. The normalized spacial score (nSPS) is 17.5. The third kappa shape index (κ3) is 4.94. The van der Waals surface area contributed by atoms with E-state index in [9.17, 15) is 26.4 Å². The van der Waals surface area contributed by atoms with Gasteiger partial charge in [-0.2, -0.15) is 17.5 Å². The van der Waals surface area contributed by atoms with E-state index in [4.69, 9.17) is 0 Å². The van der Waals surface area contributed by atoms with Crippen LogP contribution in [0.2, 0.25) is 0 Å². The molecule has 1 heterocycles. The van der Waals surface area contributed by atoms with Crippen LogP contribution in [-0.2, 0) is 14.8 Å². The molecule has 1 saturated heterocycles. The van der Waals surface area contributed by atoms with Crippen LogP contribution in [0.5, 0.6) is 0 Å². The summed E-state index contributed by atoms with van der Waals surface area (Å²) in [6.07, 6.45) is -4.05. The summed E-state index contributed by atoms with van der Waals surface area (Å²) >= 11 is 0. The number of nitrogens with zero attached hydrogens (tertiary/aromatic N) is 1. The second kappa shape index (κ2) is 7.33. The quantitative estimate of drug-likeness (QED) is 0.875. The maximum atomic E-state index is 12.7. The van der Waals surface area contributed by atoms with Crippen molar-refractivity contribution in [2.75, 3.05) is 19.6 Å². The Hall–Kier alpha value is -1.61. The maximum absolute atomic E-state index is 12.7. The van der Waals surface area contributed by atoms with Gasteiger partial charge in [0.25, 0.3) is 0 Å². The van der Waals surface area contributed by atoms with Crippen molar-refractivity contribution in [1.29, 1.82) is 0 Å². The number of hydrogen-bond donors (Lipinski definition) is 1. The molecule has 0 spiro atoms. The van der Waals surface area contributed by atoms with Gasteiger partial charge < -0.3 is 5.32 Å². The minimum Gasteiger partial charge on any atom is -0.347 e. The van der Waals surface area contributed by atoms with Crippen molar-refractivity contribution < 1.29 is 26.4 Å². The lowest BCUT2D eigenvalue weighted by Gasteiger charge is -2.31. The first-order valence-corrected chi connectivity index (χ1v) is 9.36. The van der Waals surface area contributed by atoms with Gasteiger partial charge in [-0.05, 0) is 38.3 Å². The van der Waals surface area contributed by atoms with Gasteiger partial charge in [-0.25, -0.2) is 8.42 Å². The van der Waals surface area contributed by atoms with E-state index >= 15 is 0 Å².